The fourth-order valence-electron chi connectivity index (χ4n) is 1.43. The lowest BCUT2D eigenvalue weighted by atomic mass is 10.2. The molecule has 0 unspecified atom stereocenters. The van der Waals surface area contributed by atoms with Crippen molar-refractivity contribution in [3.63, 3.8) is 0 Å². The minimum absolute atomic E-state index is 0.254. The summed E-state index contributed by atoms with van der Waals surface area (Å²) in [6, 6.07) is 0. The maximum absolute atomic E-state index is 11.5. The summed E-state index contributed by atoms with van der Waals surface area (Å²) in [4.78, 5) is 0. The van der Waals surface area contributed by atoms with Gasteiger partial charge in [0.05, 0.1) is 11.0 Å². The number of sulfone groups is 1. The molecular formula is C12H27NO2S2. The number of hydrogen-bond acceptors (Lipinski definition) is 4. The molecule has 0 aromatic carbocycles. The largest absolute Gasteiger partial charge is 0.316 e. The average molecular weight is 281 g/mol. The highest BCUT2D eigenvalue weighted by atomic mass is 32.2. The fraction of sp³-hybridized carbons (Fsp3) is 1.00. The van der Waals surface area contributed by atoms with Crippen molar-refractivity contribution >= 4 is 21.6 Å². The van der Waals surface area contributed by atoms with Crippen molar-refractivity contribution in [3.8, 4) is 0 Å². The lowest BCUT2D eigenvalue weighted by molar-refractivity contribution is 0.576. The minimum atomic E-state index is -2.87. The van der Waals surface area contributed by atoms with Crippen LogP contribution in [0.5, 0.6) is 0 Å². The zero-order valence-electron chi connectivity index (χ0n) is 11.4. The molecule has 0 saturated carbocycles. The molecule has 0 bridgehead atoms. The maximum atomic E-state index is 11.5. The third-order valence-electron chi connectivity index (χ3n) is 2.73. The molecule has 3 nitrogen and oxygen atoms in total. The molecule has 5 heteroatoms. The van der Waals surface area contributed by atoms with E-state index in [9.17, 15) is 8.42 Å². The number of nitrogens with one attached hydrogen (secondary N) is 1. The molecule has 0 spiro atoms. The van der Waals surface area contributed by atoms with Gasteiger partial charge >= 0.3 is 0 Å². The molecule has 0 heterocycles. The molecule has 0 atom stereocenters. The normalized spacial score (nSPS) is 12.2. The van der Waals surface area contributed by atoms with Crippen molar-refractivity contribution in [3.05, 3.63) is 0 Å². The first-order valence-corrected chi connectivity index (χ1v) is 9.53. The highest BCUT2D eigenvalue weighted by Crippen LogP contribution is 2.04. The average Bonchev–Trinajstić information content (AvgIpc) is 2.26. The van der Waals surface area contributed by atoms with Crippen LogP contribution in [0.25, 0.3) is 0 Å². The van der Waals surface area contributed by atoms with Crippen LogP contribution in [0.2, 0.25) is 0 Å². The van der Waals surface area contributed by atoms with Crippen molar-refractivity contribution in [2.75, 3.05) is 30.9 Å². The lowest BCUT2D eigenvalue weighted by Gasteiger charge is -2.08. The third kappa shape index (κ3) is 9.92. The van der Waals surface area contributed by atoms with Gasteiger partial charge in [-0.1, -0.05) is 12.8 Å². The van der Waals surface area contributed by atoms with Gasteiger partial charge in [-0.15, -0.1) is 0 Å². The van der Waals surface area contributed by atoms with Crippen LogP contribution in [0.1, 0.15) is 39.5 Å². The summed E-state index contributed by atoms with van der Waals surface area (Å²) in [5.41, 5.74) is 0. The molecule has 0 aliphatic rings. The van der Waals surface area contributed by atoms with Crippen molar-refractivity contribution in [1.29, 1.82) is 0 Å². The Kier molecular flexibility index (Phi) is 10.4. The van der Waals surface area contributed by atoms with E-state index in [0.29, 0.717) is 6.54 Å². The van der Waals surface area contributed by atoms with Crippen molar-refractivity contribution in [1.82, 2.24) is 5.32 Å². The predicted octanol–water partition coefficient (Wildman–Crippen LogP) is 2.32. The van der Waals surface area contributed by atoms with Crippen molar-refractivity contribution in [2.24, 2.45) is 0 Å². The Balaban J connectivity index is 3.30. The van der Waals surface area contributed by atoms with Crippen LogP contribution in [-0.4, -0.2) is 44.5 Å². The van der Waals surface area contributed by atoms with E-state index in [1.165, 1.54) is 25.0 Å². The molecule has 104 valence electrons. The molecule has 0 aromatic heterocycles. The predicted molar refractivity (Wildman–Crippen MR) is 78.6 cm³/mol. The highest BCUT2D eigenvalue weighted by Gasteiger charge is 2.14. The summed E-state index contributed by atoms with van der Waals surface area (Å²) < 4.78 is 23.0. The Hall–Kier alpha value is 0.260. The summed E-state index contributed by atoms with van der Waals surface area (Å²) >= 11 is 1.90. The van der Waals surface area contributed by atoms with Gasteiger partial charge in [0.15, 0.2) is 9.84 Å². The van der Waals surface area contributed by atoms with Gasteiger partial charge in [-0.05, 0) is 45.2 Å². The van der Waals surface area contributed by atoms with E-state index in [1.807, 2.05) is 11.8 Å². The monoisotopic (exact) mass is 281 g/mol. The van der Waals surface area contributed by atoms with Gasteiger partial charge < -0.3 is 5.32 Å². The van der Waals surface area contributed by atoms with Gasteiger partial charge in [0.25, 0.3) is 0 Å². The summed E-state index contributed by atoms with van der Waals surface area (Å²) in [5, 5.41) is 2.95. The van der Waals surface area contributed by atoms with Crippen LogP contribution in [0.15, 0.2) is 0 Å². The quantitative estimate of drug-likeness (QED) is 0.590. The third-order valence-corrected chi connectivity index (χ3v) is 5.64. The van der Waals surface area contributed by atoms with Crippen LogP contribution in [0, 0.1) is 0 Å². The van der Waals surface area contributed by atoms with Gasteiger partial charge in [0, 0.05) is 6.54 Å². The van der Waals surface area contributed by atoms with E-state index in [0.717, 1.165) is 13.0 Å². The molecular weight excluding hydrogens is 254 g/mol. The van der Waals surface area contributed by atoms with Crippen LogP contribution in [0.4, 0.5) is 0 Å². The van der Waals surface area contributed by atoms with Gasteiger partial charge in [0.1, 0.15) is 0 Å². The summed E-state index contributed by atoms with van der Waals surface area (Å²) in [5.74, 6) is 1.51. The van der Waals surface area contributed by atoms with Crippen LogP contribution in [0.3, 0.4) is 0 Å². The molecule has 0 aromatic rings. The number of rotatable bonds is 11. The highest BCUT2D eigenvalue weighted by molar-refractivity contribution is 7.98. The van der Waals surface area contributed by atoms with Crippen LogP contribution < -0.4 is 5.32 Å². The molecule has 0 aliphatic heterocycles. The molecule has 1 N–H and O–H groups in total. The van der Waals surface area contributed by atoms with E-state index in [4.69, 9.17) is 0 Å². The van der Waals surface area contributed by atoms with Gasteiger partial charge in [-0.25, -0.2) is 8.42 Å². The maximum Gasteiger partial charge on any atom is 0.153 e. The van der Waals surface area contributed by atoms with Crippen LogP contribution in [-0.2, 0) is 9.84 Å². The summed E-state index contributed by atoms with van der Waals surface area (Å²) in [6.45, 7) is 5.00. The Labute approximate surface area is 111 Å². The first-order valence-electron chi connectivity index (χ1n) is 6.42. The van der Waals surface area contributed by atoms with Gasteiger partial charge in [-0.3, -0.25) is 0 Å². The second-order valence-corrected chi connectivity index (χ2v) is 8.24. The Morgan fingerprint density at radius 2 is 1.71 bits per heavy atom. The molecule has 0 amide bonds. The molecule has 0 aliphatic carbocycles. The van der Waals surface area contributed by atoms with Gasteiger partial charge in [-0.2, -0.15) is 11.8 Å². The zero-order chi connectivity index (χ0) is 13.1. The van der Waals surface area contributed by atoms with E-state index in [2.05, 4.69) is 11.6 Å². The van der Waals surface area contributed by atoms with E-state index in [-0.39, 0.29) is 11.0 Å². The zero-order valence-corrected chi connectivity index (χ0v) is 13.0. The fourth-order valence-corrected chi connectivity index (χ4v) is 2.82. The van der Waals surface area contributed by atoms with Crippen molar-refractivity contribution in [2.45, 2.75) is 44.8 Å². The van der Waals surface area contributed by atoms with Gasteiger partial charge in [0.2, 0.25) is 0 Å². The summed E-state index contributed by atoms with van der Waals surface area (Å²) in [7, 11) is -2.87. The first kappa shape index (κ1) is 17.3. The standard InChI is InChI=1S/C12H27NO2S2/c1-12(2)17(14,15)11-9-13-8-6-4-5-7-10-16-3/h12-13H,4-11H2,1-3H3. The van der Waals surface area contributed by atoms with E-state index < -0.39 is 9.84 Å². The number of thioether (sulfide) groups is 1. The smallest absolute Gasteiger partial charge is 0.153 e. The first-order chi connectivity index (χ1) is 8.00. The van der Waals surface area contributed by atoms with E-state index in [1.54, 1.807) is 13.8 Å². The Bertz CT molecular complexity index is 264. The Morgan fingerprint density at radius 3 is 2.29 bits per heavy atom. The second kappa shape index (κ2) is 10.2. The lowest BCUT2D eigenvalue weighted by Crippen LogP contribution is -2.27. The Morgan fingerprint density at radius 1 is 1.06 bits per heavy atom. The number of unbranched alkanes of at least 4 members (excludes halogenated alkanes) is 3. The molecule has 0 fully saturated rings. The number of hydrogen-bond donors (Lipinski definition) is 1. The SMILES string of the molecule is CSCCCCCCNCCS(=O)(=O)C(C)C. The van der Waals surface area contributed by atoms with Crippen molar-refractivity contribution < 1.29 is 8.42 Å². The topological polar surface area (TPSA) is 46.2 Å². The second-order valence-electron chi connectivity index (χ2n) is 4.57. The molecule has 0 rings (SSSR count). The molecule has 17 heavy (non-hydrogen) atoms. The van der Waals surface area contributed by atoms with E-state index >= 15 is 0 Å². The minimum Gasteiger partial charge on any atom is -0.316 e. The molecule has 0 radical (unpaired) electrons. The molecule has 0 saturated heterocycles. The van der Waals surface area contributed by atoms with Crippen LogP contribution >= 0.6 is 11.8 Å². The summed E-state index contributed by atoms with van der Waals surface area (Å²) in [6.07, 6.45) is 7.10.